The Balaban J connectivity index is 2.58. The van der Waals surface area contributed by atoms with Gasteiger partial charge in [-0.3, -0.25) is 0 Å². The molecule has 3 heteroatoms. The number of halogens is 1. The van der Waals surface area contributed by atoms with Crippen molar-refractivity contribution in [2.24, 2.45) is 0 Å². The van der Waals surface area contributed by atoms with E-state index >= 15 is 0 Å². The van der Waals surface area contributed by atoms with E-state index in [9.17, 15) is 0 Å². The molecule has 2 rings (SSSR count). The van der Waals surface area contributed by atoms with Crippen molar-refractivity contribution in [3.8, 4) is 5.88 Å². The molecule has 0 unspecified atom stereocenters. The molecule has 2 nitrogen and oxygen atoms in total. The molecule has 15 heavy (non-hydrogen) atoms. The molecule has 0 aliphatic heterocycles. The zero-order chi connectivity index (χ0) is 10.7. The van der Waals surface area contributed by atoms with E-state index in [1.165, 1.54) is 0 Å². The molecular weight excluding hydrogens is 254 g/mol. The molecule has 0 spiro atoms. The Bertz CT molecular complexity index is 470. The highest BCUT2D eigenvalue weighted by atomic mass is 79.9. The lowest BCUT2D eigenvalue weighted by Crippen LogP contribution is -1.96. The van der Waals surface area contributed by atoms with Gasteiger partial charge >= 0.3 is 0 Å². The average Bonchev–Trinajstić information content (AvgIpc) is 2.28. The van der Waals surface area contributed by atoms with E-state index in [1.807, 2.05) is 18.2 Å². The molecule has 0 fully saturated rings. The summed E-state index contributed by atoms with van der Waals surface area (Å²) in [6.07, 6.45) is 0.932. The fourth-order valence-corrected chi connectivity index (χ4v) is 2.03. The molecule has 0 aliphatic rings. The van der Waals surface area contributed by atoms with Gasteiger partial charge in [0.25, 0.3) is 0 Å². The van der Waals surface area contributed by atoms with Gasteiger partial charge < -0.3 is 4.74 Å². The van der Waals surface area contributed by atoms with Gasteiger partial charge in [-0.2, -0.15) is 0 Å². The second-order valence-corrected chi connectivity index (χ2v) is 4.08. The van der Waals surface area contributed by atoms with E-state index in [-0.39, 0.29) is 0 Å². The van der Waals surface area contributed by atoms with Crippen molar-refractivity contribution in [1.82, 2.24) is 4.98 Å². The van der Waals surface area contributed by atoms with Crippen molar-refractivity contribution >= 4 is 26.8 Å². The molecule has 0 saturated heterocycles. The SMILES string of the molecule is COc1nc2ccccc2cc1CCBr. The van der Waals surface area contributed by atoms with E-state index in [2.05, 4.69) is 33.0 Å². The largest absolute Gasteiger partial charge is 0.481 e. The number of methoxy groups -OCH3 is 1. The van der Waals surface area contributed by atoms with Crippen LogP contribution in [-0.4, -0.2) is 17.4 Å². The molecule has 0 N–H and O–H groups in total. The van der Waals surface area contributed by atoms with Gasteiger partial charge in [0, 0.05) is 16.3 Å². The summed E-state index contributed by atoms with van der Waals surface area (Å²) in [7, 11) is 1.66. The minimum absolute atomic E-state index is 0.730. The third-order valence-corrected chi connectivity index (χ3v) is 2.72. The number of hydrogen-bond acceptors (Lipinski definition) is 2. The summed E-state index contributed by atoms with van der Waals surface area (Å²) >= 11 is 3.43. The highest BCUT2D eigenvalue weighted by Gasteiger charge is 2.05. The van der Waals surface area contributed by atoms with Gasteiger partial charge in [0.1, 0.15) is 0 Å². The first kappa shape index (κ1) is 10.4. The Morgan fingerprint density at radius 3 is 2.87 bits per heavy atom. The number of rotatable bonds is 3. The standard InChI is InChI=1S/C12H12BrNO/c1-15-12-10(6-7-13)8-9-4-2-3-5-11(9)14-12/h2-5,8H,6-7H2,1H3. The highest BCUT2D eigenvalue weighted by molar-refractivity contribution is 9.09. The summed E-state index contributed by atoms with van der Waals surface area (Å²) in [5.74, 6) is 0.730. The van der Waals surface area contributed by atoms with Gasteiger partial charge in [-0.1, -0.05) is 34.1 Å². The lowest BCUT2D eigenvalue weighted by molar-refractivity contribution is 0.395. The van der Waals surface area contributed by atoms with Crippen LogP contribution in [0.25, 0.3) is 10.9 Å². The Morgan fingerprint density at radius 2 is 2.13 bits per heavy atom. The predicted octanol–water partition coefficient (Wildman–Crippen LogP) is 3.18. The maximum atomic E-state index is 5.27. The normalized spacial score (nSPS) is 10.5. The van der Waals surface area contributed by atoms with E-state index in [0.29, 0.717) is 0 Å². The molecule has 0 amide bonds. The number of benzene rings is 1. The number of aryl methyl sites for hydroxylation is 1. The topological polar surface area (TPSA) is 22.1 Å². The first-order valence-electron chi connectivity index (χ1n) is 4.84. The number of nitrogens with zero attached hydrogens (tertiary/aromatic N) is 1. The maximum absolute atomic E-state index is 5.27. The highest BCUT2D eigenvalue weighted by Crippen LogP contribution is 2.22. The summed E-state index contributed by atoms with van der Waals surface area (Å²) in [5, 5.41) is 2.08. The van der Waals surface area contributed by atoms with Gasteiger partial charge in [-0.25, -0.2) is 4.98 Å². The van der Waals surface area contributed by atoms with Crippen molar-refractivity contribution in [3.05, 3.63) is 35.9 Å². The Labute approximate surface area is 97.4 Å². The van der Waals surface area contributed by atoms with Gasteiger partial charge in [-0.05, 0) is 18.6 Å². The molecule has 1 heterocycles. The quantitative estimate of drug-likeness (QED) is 0.796. The molecule has 0 atom stereocenters. The first-order valence-corrected chi connectivity index (χ1v) is 5.96. The van der Waals surface area contributed by atoms with Crippen LogP contribution in [0.3, 0.4) is 0 Å². The monoisotopic (exact) mass is 265 g/mol. The maximum Gasteiger partial charge on any atom is 0.216 e. The van der Waals surface area contributed by atoms with Crippen LogP contribution in [0.15, 0.2) is 30.3 Å². The van der Waals surface area contributed by atoms with E-state index in [1.54, 1.807) is 7.11 Å². The van der Waals surface area contributed by atoms with Crippen molar-refractivity contribution in [1.29, 1.82) is 0 Å². The van der Waals surface area contributed by atoms with Crippen molar-refractivity contribution < 1.29 is 4.74 Å². The zero-order valence-corrected chi connectivity index (χ0v) is 10.1. The molecule has 0 radical (unpaired) electrons. The second-order valence-electron chi connectivity index (χ2n) is 3.29. The van der Waals surface area contributed by atoms with Crippen LogP contribution in [0.4, 0.5) is 0 Å². The van der Waals surface area contributed by atoms with Crippen molar-refractivity contribution in [2.45, 2.75) is 6.42 Å². The molecule has 78 valence electrons. The number of para-hydroxylation sites is 1. The van der Waals surface area contributed by atoms with Gasteiger partial charge in [0.2, 0.25) is 5.88 Å². The Hall–Kier alpha value is -1.09. The van der Waals surface area contributed by atoms with Crippen LogP contribution >= 0.6 is 15.9 Å². The van der Waals surface area contributed by atoms with Gasteiger partial charge in [-0.15, -0.1) is 0 Å². The van der Waals surface area contributed by atoms with E-state index < -0.39 is 0 Å². The fourth-order valence-electron chi connectivity index (χ4n) is 1.60. The third-order valence-electron chi connectivity index (χ3n) is 2.32. The molecule has 2 aromatic rings. The van der Waals surface area contributed by atoms with Gasteiger partial charge in [0.15, 0.2) is 0 Å². The summed E-state index contributed by atoms with van der Waals surface area (Å²) in [6.45, 7) is 0. The number of pyridine rings is 1. The molecule has 0 bridgehead atoms. The molecular formula is C12H12BrNO. The van der Waals surface area contributed by atoms with Crippen LogP contribution in [0.5, 0.6) is 5.88 Å². The first-order chi connectivity index (χ1) is 7.35. The van der Waals surface area contributed by atoms with Crippen LogP contribution in [0.2, 0.25) is 0 Å². The van der Waals surface area contributed by atoms with Crippen LogP contribution in [0.1, 0.15) is 5.56 Å². The lowest BCUT2D eigenvalue weighted by atomic mass is 10.1. The molecule has 1 aromatic carbocycles. The zero-order valence-electron chi connectivity index (χ0n) is 8.53. The van der Waals surface area contributed by atoms with E-state index in [4.69, 9.17) is 4.74 Å². The fraction of sp³-hybridized carbons (Fsp3) is 0.250. The molecule has 0 aliphatic carbocycles. The molecule has 0 saturated carbocycles. The van der Waals surface area contributed by atoms with Crippen LogP contribution in [0, 0.1) is 0 Å². The lowest BCUT2D eigenvalue weighted by Gasteiger charge is -2.07. The molecule has 1 aromatic heterocycles. The summed E-state index contributed by atoms with van der Waals surface area (Å²) in [4.78, 5) is 4.47. The number of alkyl halides is 1. The predicted molar refractivity (Wildman–Crippen MR) is 65.8 cm³/mol. The number of hydrogen-bond donors (Lipinski definition) is 0. The third kappa shape index (κ3) is 2.12. The smallest absolute Gasteiger partial charge is 0.216 e. The summed E-state index contributed by atoms with van der Waals surface area (Å²) in [5.41, 5.74) is 2.13. The minimum Gasteiger partial charge on any atom is -0.481 e. The van der Waals surface area contributed by atoms with Crippen molar-refractivity contribution in [2.75, 3.05) is 12.4 Å². The summed E-state index contributed by atoms with van der Waals surface area (Å²) in [6, 6.07) is 10.2. The van der Waals surface area contributed by atoms with Crippen LogP contribution < -0.4 is 4.74 Å². The summed E-state index contributed by atoms with van der Waals surface area (Å²) < 4.78 is 5.27. The average molecular weight is 266 g/mol. The van der Waals surface area contributed by atoms with E-state index in [0.717, 1.165) is 34.1 Å². The second kappa shape index (κ2) is 4.62. The van der Waals surface area contributed by atoms with Crippen molar-refractivity contribution in [3.63, 3.8) is 0 Å². The number of aromatic nitrogens is 1. The van der Waals surface area contributed by atoms with Crippen LogP contribution in [-0.2, 0) is 6.42 Å². The van der Waals surface area contributed by atoms with Gasteiger partial charge in [0.05, 0.1) is 12.6 Å². The minimum atomic E-state index is 0.730. The number of fused-ring (bicyclic) bond motifs is 1. The Morgan fingerprint density at radius 1 is 1.33 bits per heavy atom. The number of ether oxygens (including phenoxy) is 1. The Kier molecular flexibility index (Phi) is 3.21.